The lowest BCUT2D eigenvalue weighted by atomic mass is 10.4. The van der Waals surface area contributed by atoms with Crippen LogP contribution in [0.15, 0.2) is 18.5 Å². The van der Waals surface area contributed by atoms with Crippen molar-refractivity contribution in [3.8, 4) is 0 Å². The molecule has 3 nitrogen and oxygen atoms in total. The Balaban J connectivity index is 2.75. The maximum Gasteiger partial charge on any atom is 0.306 e. The summed E-state index contributed by atoms with van der Waals surface area (Å²) in [6, 6.07) is 1.51. The minimum absolute atomic E-state index is 0.433. The third kappa shape index (κ3) is 2.18. The summed E-state index contributed by atoms with van der Waals surface area (Å²) in [5, 5.41) is 0. The fraction of sp³-hybridized carbons (Fsp3) is 0.200. The summed E-state index contributed by atoms with van der Waals surface area (Å²) in [5.74, 6) is -0.545. The van der Waals surface area contributed by atoms with Crippen LogP contribution in [0.5, 0.6) is 0 Å². The maximum atomic E-state index is 11.9. The molecular formula is C5H6FNO2S. The molecule has 5 heteroatoms. The van der Waals surface area contributed by atoms with Crippen LogP contribution in [-0.2, 0) is 16.0 Å². The second-order valence-electron chi connectivity index (χ2n) is 1.90. The second kappa shape index (κ2) is 2.42. The lowest BCUT2D eigenvalue weighted by molar-refractivity contribution is 0.551. The highest BCUT2D eigenvalue weighted by molar-refractivity contribution is 7.85. The molecule has 0 bridgehead atoms. The second-order valence-corrected chi connectivity index (χ2v) is 3.27. The van der Waals surface area contributed by atoms with Gasteiger partial charge in [0.15, 0.2) is 0 Å². The van der Waals surface area contributed by atoms with Crippen molar-refractivity contribution in [3.05, 3.63) is 24.0 Å². The van der Waals surface area contributed by atoms with E-state index in [9.17, 15) is 12.3 Å². The van der Waals surface area contributed by atoms with Crippen LogP contribution >= 0.6 is 0 Å². The molecule has 1 N–H and O–H groups in total. The minimum atomic E-state index is -4.37. The van der Waals surface area contributed by atoms with Crippen molar-refractivity contribution in [3.63, 3.8) is 0 Å². The van der Waals surface area contributed by atoms with Crippen LogP contribution in [0.3, 0.4) is 0 Å². The Morgan fingerprint density at radius 2 is 2.30 bits per heavy atom. The van der Waals surface area contributed by atoms with Gasteiger partial charge in [-0.2, -0.15) is 8.42 Å². The third-order valence-corrected chi connectivity index (χ3v) is 1.68. The standard InChI is InChI=1S/C5H6FNO2S/c6-10(8,9)4-5-1-2-7-3-5/h1-3,7H,4H2. The first-order valence-electron chi connectivity index (χ1n) is 2.62. The van der Waals surface area contributed by atoms with Crippen LogP contribution < -0.4 is 0 Å². The van der Waals surface area contributed by atoms with Crippen LogP contribution in [0, 0.1) is 0 Å². The molecule has 1 aromatic heterocycles. The summed E-state index contributed by atoms with van der Waals surface area (Å²) >= 11 is 0. The molecule has 0 radical (unpaired) electrons. The highest BCUT2D eigenvalue weighted by Gasteiger charge is 2.07. The molecule has 10 heavy (non-hydrogen) atoms. The van der Waals surface area contributed by atoms with E-state index in [1.165, 1.54) is 12.3 Å². The normalized spacial score (nSPS) is 11.7. The summed E-state index contributed by atoms with van der Waals surface area (Å²) in [6.07, 6.45) is 2.98. The van der Waals surface area contributed by atoms with Crippen molar-refractivity contribution in [2.24, 2.45) is 0 Å². The van der Waals surface area contributed by atoms with Crippen molar-refractivity contribution in [2.45, 2.75) is 5.75 Å². The maximum absolute atomic E-state index is 11.9. The smallest absolute Gasteiger partial charge is 0.306 e. The van der Waals surface area contributed by atoms with E-state index < -0.39 is 16.0 Å². The van der Waals surface area contributed by atoms with Crippen molar-refractivity contribution >= 4 is 10.2 Å². The van der Waals surface area contributed by atoms with Crippen LogP contribution in [-0.4, -0.2) is 13.4 Å². The van der Waals surface area contributed by atoms with E-state index in [0.29, 0.717) is 5.56 Å². The molecule has 0 saturated carbocycles. The Labute approximate surface area is 58.1 Å². The fourth-order valence-corrected chi connectivity index (χ4v) is 1.22. The van der Waals surface area contributed by atoms with Gasteiger partial charge in [0, 0.05) is 12.4 Å². The number of rotatable bonds is 2. The number of aromatic nitrogens is 1. The summed E-state index contributed by atoms with van der Waals surface area (Å²) in [6.45, 7) is 0. The largest absolute Gasteiger partial charge is 0.367 e. The van der Waals surface area contributed by atoms with E-state index in [1.807, 2.05) is 0 Å². The Morgan fingerprint density at radius 1 is 1.60 bits per heavy atom. The molecule has 0 spiro atoms. The zero-order chi connectivity index (χ0) is 7.61. The van der Waals surface area contributed by atoms with Crippen LogP contribution in [0.1, 0.15) is 5.56 Å². The molecule has 1 aromatic rings. The lowest BCUT2D eigenvalue weighted by Crippen LogP contribution is -1.93. The molecule has 1 rings (SSSR count). The van der Waals surface area contributed by atoms with E-state index in [0.717, 1.165) is 0 Å². The zero-order valence-electron chi connectivity index (χ0n) is 5.04. The number of hydrogen-bond acceptors (Lipinski definition) is 2. The van der Waals surface area contributed by atoms with Gasteiger partial charge in [-0.1, -0.05) is 0 Å². The van der Waals surface area contributed by atoms with Crippen molar-refractivity contribution in [2.75, 3.05) is 0 Å². The number of halogens is 1. The Kier molecular flexibility index (Phi) is 1.76. The fourth-order valence-electron chi connectivity index (χ4n) is 0.647. The molecular weight excluding hydrogens is 157 g/mol. The Bertz CT molecular complexity index is 289. The third-order valence-electron chi connectivity index (χ3n) is 1.00. The molecule has 56 valence electrons. The molecule has 0 saturated heterocycles. The Hall–Kier alpha value is -0.840. The average Bonchev–Trinajstić information content (AvgIpc) is 2.12. The van der Waals surface area contributed by atoms with Gasteiger partial charge in [-0.25, -0.2) is 0 Å². The average molecular weight is 163 g/mol. The highest BCUT2D eigenvalue weighted by Crippen LogP contribution is 2.04. The van der Waals surface area contributed by atoms with Crippen LogP contribution in [0.2, 0.25) is 0 Å². The number of H-pyrrole nitrogens is 1. The van der Waals surface area contributed by atoms with Crippen molar-refractivity contribution in [1.82, 2.24) is 4.98 Å². The van der Waals surface area contributed by atoms with Gasteiger partial charge >= 0.3 is 10.2 Å². The molecule has 0 aliphatic rings. The number of aromatic amines is 1. The SMILES string of the molecule is O=S(=O)(F)Cc1cc[nH]c1. The lowest BCUT2D eigenvalue weighted by Gasteiger charge is -1.87. The summed E-state index contributed by atoms with van der Waals surface area (Å²) < 4.78 is 31.9. The monoisotopic (exact) mass is 163 g/mol. The molecule has 0 atom stereocenters. The quantitative estimate of drug-likeness (QED) is 0.656. The van der Waals surface area contributed by atoms with Gasteiger partial charge in [0.05, 0.1) is 0 Å². The van der Waals surface area contributed by atoms with Crippen LogP contribution in [0.25, 0.3) is 0 Å². The first kappa shape index (κ1) is 7.27. The number of hydrogen-bond donors (Lipinski definition) is 1. The van der Waals surface area contributed by atoms with Crippen LogP contribution in [0.4, 0.5) is 3.89 Å². The zero-order valence-corrected chi connectivity index (χ0v) is 5.86. The first-order chi connectivity index (χ1) is 4.58. The number of nitrogens with one attached hydrogen (secondary N) is 1. The van der Waals surface area contributed by atoms with Gasteiger partial charge in [0.1, 0.15) is 5.75 Å². The molecule has 0 aliphatic heterocycles. The topological polar surface area (TPSA) is 49.9 Å². The van der Waals surface area contributed by atoms with Crippen molar-refractivity contribution < 1.29 is 12.3 Å². The summed E-state index contributed by atoms with van der Waals surface area (Å²) in [4.78, 5) is 2.62. The molecule has 0 aromatic carbocycles. The Morgan fingerprint density at radius 3 is 2.70 bits per heavy atom. The van der Waals surface area contributed by atoms with Crippen molar-refractivity contribution in [1.29, 1.82) is 0 Å². The highest BCUT2D eigenvalue weighted by atomic mass is 32.3. The summed E-state index contributed by atoms with van der Waals surface area (Å²) in [7, 11) is -4.37. The van der Waals surface area contributed by atoms with Gasteiger partial charge in [-0.15, -0.1) is 3.89 Å². The molecule has 0 fully saturated rings. The van der Waals surface area contributed by atoms with E-state index in [1.54, 1.807) is 6.20 Å². The van der Waals surface area contributed by atoms with E-state index in [-0.39, 0.29) is 0 Å². The van der Waals surface area contributed by atoms with Gasteiger partial charge in [-0.3, -0.25) is 0 Å². The first-order valence-corrected chi connectivity index (χ1v) is 4.17. The van der Waals surface area contributed by atoms with Gasteiger partial charge in [-0.05, 0) is 11.6 Å². The van der Waals surface area contributed by atoms with Gasteiger partial charge in [0.2, 0.25) is 0 Å². The molecule has 0 unspecified atom stereocenters. The molecule has 1 heterocycles. The van der Waals surface area contributed by atoms with Gasteiger partial charge < -0.3 is 4.98 Å². The van der Waals surface area contributed by atoms with E-state index in [4.69, 9.17) is 0 Å². The van der Waals surface area contributed by atoms with Gasteiger partial charge in [0.25, 0.3) is 0 Å². The summed E-state index contributed by atoms with van der Waals surface area (Å²) in [5.41, 5.74) is 0.433. The van der Waals surface area contributed by atoms with E-state index in [2.05, 4.69) is 4.98 Å². The predicted octanol–water partition coefficient (Wildman–Crippen LogP) is 0.814. The molecule has 0 amide bonds. The molecule has 0 aliphatic carbocycles. The minimum Gasteiger partial charge on any atom is -0.367 e. The van der Waals surface area contributed by atoms with E-state index >= 15 is 0 Å². The predicted molar refractivity (Wildman–Crippen MR) is 34.5 cm³/mol.